The standard InChI is InChI=1S/C13H18N2O2/c1-13(2)9-6-8(11(16)7-14)4-5-10(9)15(3)12(13)17/h4-6,11,16H,7,14H2,1-3H3. The number of carbonyl (C=O) groups is 1. The number of aliphatic hydroxyl groups excluding tert-OH is 1. The van der Waals surface area contributed by atoms with E-state index in [1.807, 2.05) is 32.0 Å². The first kappa shape index (κ1) is 12.1. The third kappa shape index (κ3) is 1.64. The van der Waals surface area contributed by atoms with Gasteiger partial charge in [0.15, 0.2) is 0 Å². The van der Waals surface area contributed by atoms with Crippen LogP contribution in [0.1, 0.15) is 31.1 Å². The molecule has 1 atom stereocenters. The van der Waals surface area contributed by atoms with Gasteiger partial charge in [0.05, 0.1) is 11.5 Å². The van der Waals surface area contributed by atoms with Crippen LogP contribution in [0.5, 0.6) is 0 Å². The number of rotatable bonds is 2. The molecule has 1 aliphatic rings. The van der Waals surface area contributed by atoms with Crippen molar-refractivity contribution in [2.45, 2.75) is 25.4 Å². The highest BCUT2D eigenvalue weighted by Crippen LogP contribution is 2.41. The molecule has 0 spiro atoms. The Morgan fingerprint density at radius 1 is 1.47 bits per heavy atom. The van der Waals surface area contributed by atoms with Crippen LogP contribution in [0.3, 0.4) is 0 Å². The summed E-state index contributed by atoms with van der Waals surface area (Å²) in [7, 11) is 1.77. The highest BCUT2D eigenvalue weighted by molar-refractivity contribution is 6.07. The van der Waals surface area contributed by atoms with Gasteiger partial charge in [-0.3, -0.25) is 4.79 Å². The maximum atomic E-state index is 12.1. The number of carbonyl (C=O) groups excluding carboxylic acids is 1. The van der Waals surface area contributed by atoms with Gasteiger partial charge in [0.25, 0.3) is 0 Å². The maximum absolute atomic E-state index is 12.1. The summed E-state index contributed by atoms with van der Waals surface area (Å²) in [4.78, 5) is 13.7. The number of benzene rings is 1. The van der Waals surface area contributed by atoms with Crippen molar-refractivity contribution in [3.63, 3.8) is 0 Å². The van der Waals surface area contributed by atoms with Gasteiger partial charge in [0, 0.05) is 19.3 Å². The van der Waals surface area contributed by atoms with Crippen LogP contribution in [-0.2, 0) is 10.2 Å². The summed E-state index contributed by atoms with van der Waals surface area (Å²) in [6.45, 7) is 3.98. The Morgan fingerprint density at radius 2 is 2.12 bits per heavy atom. The molecule has 4 heteroatoms. The molecular formula is C13H18N2O2. The first-order valence-corrected chi connectivity index (χ1v) is 5.70. The van der Waals surface area contributed by atoms with E-state index in [9.17, 15) is 9.90 Å². The van der Waals surface area contributed by atoms with E-state index in [1.54, 1.807) is 11.9 Å². The van der Waals surface area contributed by atoms with Gasteiger partial charge in [0.2, 0.25) is 5.91 Å². The first-order valence-electron chi connectivity index (χ1n) is 5.70. The largest absolute Gasteiger partial charge is 0.387 e. The average Bonchev–Trinajstić information content (AvgIpc) is 2.50. The lowest BCUT2D eigenvalue weighted by molar-refractivity contribution is -0.121. The number of likely N-dealkylation sites (N-methyl/N-ethyl adjacent to an activating group) is 1. The lowest BCUT2D eigenvalue weighted by Crippen LogP contribution is -2.33. The minimum absolute atomic E-state index is 0.0758. The van der Waals surface area contributed by atoms with Gasteiger partial charge in [-0.25, -0.2) is 0 Å². The summed E-state index contributed by atoms with van der Waals surface area (Å²) in [5, 5.41) is 9.74. The molecule has 1 amide bonds. The molecule has 1 heterocycles. The normalized spacial score (nSPS) is 19.4. The zero-order valence-electron chi connectivity index (χ0n) is 10.4. The van der Waals surface area contributed by atoms with Crippen molar-refractivity contribution in [3.05, 3.63) is 29.3 Å². The Bertz CT molecular complexity index is 468. The van der Waals surface area contributed by atoms with E-state index in [2.05, 4.69) is 0 Å². The molecule has 1 aliphatic heterocycles. The minimum Gasteiger partial charge on any atom is -0.387 e. The van der Waals surface area contributed by atoms with Crippen LogP contribution >= 0.6 is 0 Å². The molecule has 0 saturated carbocycles. The fourth-order valence-corrected chi connectivity index (χ4v) is 2.33. The molecule has 0 radical (unpaired) electrons. The van der Waals surface area contributed by atoms with Crippen molar-refractivity contribution in [3.8, 4) is 0 Å². The molecule has 2 rings (SSSR count). The number of aliphatic hydroxyl groups is 1. The Morgan fingerprint density at radius 3 is 2.71 bits per heavy atom. The van der Waals surface area contributed by atoms with Crippen molar-refractivity contribution in [2.24, 2.45) is 5.73 Å². The van der Waals surface area contributed by atoms with Crippen LogP contribution in [0.25, 0.3) is 0 Å². The van der Waals surface area contributed by atoms with E-state index in [0.29, 0.717) is 0 Å². The lowest BCUT2D eigenvalue weighted by atomic mass is 9.85. The van der Waals surface area contributed by atoms with Crippen molar-refractivity contribution in [1.82, 2.24) is 0 Å². The van der Waals surface area contributed by atoms with Crippen molar-refractivity contribution >= 4 is 11.6 Å². The van der Waals surface area contributed by atoms with Crippen LogP contribution in [0, 0.1) is 0 Å². The second-order valence-electron chi connectivity index (χ2n) is 5.02. The van der Waals surface area contributed by atoms with Crippen molar-refractivity contribution in [1.29, 1.82) is 0 Å². The monoisotopic (exact) mass is 234 g/mol. The van der Waals surface area contributed by atoms with Crippen molar-refractivity contribution < 1.29 is 9.90 Å². The fourth-order valence-electron chi connectivity index (χ4n) is 2.33. The first-order chi connectivity index (χ1) is 7.89. The van der Waals surface area contributed by atoms with Gasteiger partial charge in [-0.1, -0.05) is 12.1 Å². The van der Waals surface area contributed by atoms with Gasteiger partial charge in [-0.15, -0.1) is 0 Å². The number of fused-ring (bicyclic) bond motifs is 1. The molecule has 17 heavy (non-hydrogen) atoms. The van der Waals surface area contributed by atoms with Gasteiger partial charge in [-0.05, 0) is 31.0 Å². The Hall–Kier alpha value is -1.39. The molecule has 1 aromatic rings. The highest BCUT2D eigenvalue weighted by Gasteiger charge is 2.42. The lowest BCUT2D eigenvalue weighted by Gasteiger charge is -2.17. The molecule has 3 N–H and O–H groups in total. The van der Waals surface area contributed by atoms with Gasteiger partial charge < -0.3 is 15.7 Å². The summed E-state index contributed by atoms with van der Waals surface area (Å²) < 4.78 is 0. The third-order valence-corrected chi connectivity index (χ3v) is 3.50. The van der Waals surface area contributed by atoms with Gasteiger partial charge in [-0.2, -0.15) is 0 Å². The summed E-state index contributed by atoms with van der Waals surface area (Å²) in [5.74, 6) is 0.0758. The Balaban J connectivity index is 2.54. The van der Waals surface area contributed by atoms with Crippen LogP contribution in [0.4, 0.5) is 5.69 Å². The highest BCUT2D eigenvalue weighted by atomic mass is 16.3. The molecule has 0 saturated heterocycles. The summed E-state index contributed by atoms with van der Waals surface area (Å²) in [6.07, 6.45) is -0.669. The van der Waals surface area contributed by atoms with E-state index in [1.165, 1.54) is 0 Å². The van der Waals surface area contributed by atoms with Crippen LogP contribution in [-0.4, -0.2) is 24.6 Å². The molecule has 92 valence electrons. The quantitative estimate of drug-likeness (QED) is 0.800. The molecule has 0 aliphatic carbocycles. The predicted octanol–water partition coefficient (Wildman–Crippen LogP) is 0.933. The van der Waals surface area contributed by atoms with E-state index in [-0.39, 0.29) is 12.5 Å². The molecule has 0 fully saturated rings. The molecule has 4 nitrogen and oxygen atoms in total. The fraction of sp³-hybridized carbons (Fsp3) is 0.462. The van der Waals surface area contributed by atoms with Crippen LogP contribution < -0.4 is 10.6 Å². The van der Waals surface area contributed by atoms with Gasteiger partial charge >= 0.3 is 0 Å². The molecule has 0 bridgehead atoms. The minimum atomic E-state index is -0.669. The molecule has 1 unspecified atom stereocenters. The SMILES string of the molecule is CN1C(=O)C(C)(C)c2cc(C(O)CN)ccc21. The zero-order valence-corrected chi connectivity index (χ0v) is 10.4. The Labute approximate surface area is 101 Å². The summed E-state index contributed by atoms with van der Waals surface area (Å²) >= 11 is 0. The van der Waals surface area contributed by atoms with E-state index >= 15 is 0 Å². The van der Waals surface area contributed by atoms with E-state index in [0.717, 1.165) is 16.8 Å². The van der Waals surface area contributed by atoms with Crippen LogP contribution in [0.2, 0.25) is 0 Å². The number of amides is 1. The van der Waals surface area contributed by atoms with E-state index < -0.39 is 11.5 Å². The van der Waals surface area contributed by atoms with Crippen LogP contribution in [0.15, 0.2) is 18.2 Å². The molecule has 0 aromatic heterocycles. The average molecular weight is 234 g/mol. The number of hydrogen-bond donors (Lipinski definition) is 2. The molecule has 1 aromatic carbocycles. The van der Waals surface area contributed by atoms with Crippen molar-refractivity contribution in [2.75, 3.05) is 18.5 Å². The summed E-state index contributed by atoms with van der Waals surface area (Å²) in [6, 6.07) is 5.58. The van der Waals surface area contributed by atoms with Gasteiger partial charge in [0.1, 0.15) is 0 Å². The Kier molecular flexibility index (Phi) is 2.72. The van der Waals surface area contributed by atoms with E-state index in [4.69, 9.17) is 5.73 Å². The second kappa shape index (κ2) is 3.82. The maximum Gasteiger partial charge on any atom is 0.236 e. The smallest absolute Gasteiger partial charge is 0.236 e. The molecular weight excluding hydrogens is 216 g/mol. The zero-order chi connectivity index (χ0) is 12.8. The third-order valence-electron chi connectivity index (χ3n) is 3.50. The number of anilines is 1. The number of nitrogens with two attached hydrogens (primary N) is 1. The second-order valence-corrected chi connectivity index (χ2v) is 5.02. The topological polar surface area (TPSA) is 66.6 Å². The number of hydrogen-bond acceptors (Lipinski definition) is 3. The predicted molar refractivity (Wildman–Crippen MR) is 66.9 cm³/mol. The summed E-state index contributed by atoms with van der Waals surface area (Å²) in [5.41, 5.74) is 7.54. The number of nitrogens with zero attached hydrogens (tertiary/aromatic N) is 1.